The van der Waals surface area contributed by atoms with Gasteiger partial charge >= 0.3 is 11.9 Å². The summed E-state index contributed by atoms with van der Waals surface area (Å²) >= 11 is 3.79. The van der Waals surface area contributed by atoms with Gasteiger partial charge in [-0.05, 0) is 5.56 Å². The van der Waals surface area contributed by atoms with Gasteiger partial charge in [-0.15, -0.1) is 0 Å². The smallest absolute Gasteiger partial charge is 0.317 e. The minimum absolute atomic E-state index is 0.437. The van der Waals surface area contributed by atoms with Crippen LogP contribution in [0.15, 0.2) is 30.3 Å². The lowest BCUT2D eigenvalue weighted by Gasteiger charge is -2.15. The molecule has 15 heavy (non-hydrogen) atoms. The molecule has 0 bridgehead atoms. The molecule has 0 spiro atoms. The first-order valence-corrected chi connectivity index (χ1v) is 4.74. The summed E-state index contributed by atoms with van der Waals surface area (Å²) in [5.41, 5.74) is 0.437. The third-order valence-electron chi connectivity index (χ3n) is 1.99. The van der Waals surface area contributed by atoms with Gasteiger partial charge in [-0.2, -0.15) is 12.6 Å². The number of benzene rings is 1. The van der Waals surface area contributed by atoms with Gasteiger partial charge in [-0.1, -0.05) is 30.3 Å². The van der Waals surface area contributed by atoms with Crippen molar-refractivity contribution in [2.24, 2.45) is 0 Å². The normalized spacial score (nSPS) is 14.2. The Kier molecular flexibility index (Phi) is 3.74. The first-order valence-electron chi connectivity index (χ1n) is 4.22. The molecule has 0 aliphatic rings. The van der Waals surface area contributed by atoms with E-state index in [-0.39, 0.29) is 0 Å². The number of carboxylic acids is 2. The number of hydrogen-bond donors (Lipinski definition) is 3. The molecule has 2 N–H and O–H groups in total. The molecule has 1 aromatic carbocycles. The van der Waals surface area contributed by atoms with Gasteiger partial charge in [0.1, 0.15) is 11.2 Å². The van der Waals surface area contributed by atoms with Crippen LogP contribution in [-0.2, 0) is 9.59 Å². The van der Waals surface area contributed by atoms with Crippen molar-refractivity contribution in [3.63, 3.8) is 0 Å². The first kappa shape index (κ1) is 11.6. The molecule has 80 valence electrons. The monoisotopic (exact) mass is 226 g/mol. The first-order chi connectivity index (χ1) is 7.04. The van der Waals surface area contributed by atoms with Crippen molar-refractivity contribution in [1.82, 2.24) is 0 Å². The molecule has 4 nitrogen and oxygen atoms in total. The van der Waals surface area contributed by atoms with E-state index in [9.17, 15) is 9.59 Å². The zero-order valence-corrected chi connectivity index (χ0v) is 8.59. The number of carboxylic acid groups (broad SMARTS) is 2. The van der Waals surface area contributed by atoms with Crippen LogP contribution in [0, 0.1) is 0 Å². The van der Waals surface area contributed by atoms with Gasteiger partial charge in [0.25, 0.3) is 0 Å². The molecular formula is C10H10O4S. The van der Waals surface area contributed by atoms with Crippen molar-refractivity contribution >= 4 is 24.6 Å². The number of thiol groups is 1. The summed E-state index contributed by atoms with van der Waals surface area (Å²) in [5.74, 6) is -3.56. The molecule has 0 heterocycles. The van der Waals surface area contributed by atoms with Crippen LogP contribution in [0.4, 0.5) is 0 Å². The fourth-order valence-electron chi connectivity index (χ4n) is 1.26. The zero-order valence-electron chi connectivity index (χ0n) is 7.70. The van der Waals surface area contributed by atoms with Crippen LogP contribution in [-0.4, -0.2) is 27.4 Å². The summed E-state index contributed by atoms with van der Waals surface area (Å²) in [5, 5.41) is 16.4. The van der Waals surface area contributed by atoms with E-state index in [2.05, 4.69) is 12.6 Å². The van der Waals surface area contributed by atoms with E-state index < -0.39 is 23.1 Å². The minimum atomic E-state index is -1.25. The standard InChI is InChI=1S/C10H10O4S/c11-9(12)7(8(15)10(13)14)6-4-2-1-3-5-6/h1-5,7-8,15H,(H,11,12)(H,13,14). The number of carbonyl (C=O) groups is 2. The minimum Gasteiger partial charge on any atom is -0.481 e. The summed E-state index contributed by atoms with van der Waals surface area (Å²) in [6.07, 6.45) is 0. The highest BCUT2D eigenvalue weighted by atomic mass is 32.1. The van der Waals surface area contributed by atoms with E-state index in [1.54, 1.807) is 30.3 Å². The molecule has 2 unspecified atom stereocenters. The predicted molar refractivity (Wildman–Crippen MR) is 57.2 cm³/mol. The second-order valence-corrected chi connectivity index (χ2v) is 3.57. The summed E-state index contributed by atoms with van der Waals surface area (Å²) in [4.78, 5) is 21.6. The van der Waals surface area contributed by atoms with Gasteiger partial charge in [-0.25, -0.2) is 0 Å². The summed E-state index contributed by atoms with van der Waals surface area (Å²) in [6, 6.07) is 8.20. The van der Waals surface area contributed by atoms with Crippen molar-refractivity contribution in [1.29, 1.82) is 0 Å². The highest BCUT2D eigenvalue weighted by Crippen LogP contribution is 2.23. The van der Waals surface area contributed by atoms with E-state index in [4.69, 9.17) is 10.2 Å². The molecule has 0 aliphatic carbocycles. The molecule has 5 heteroatoms. The molecule has 1 aromatic rings. The Hall–Kier alpha value is -1.49. The average molecular weight is 226 g/mol. The molecule has 0 saturated heterocycles. The van der Waals surface area contributed by atoms with Crippen molar-refractivity contribution in [3.8, 4) is 0 Å². The van der Waals surface area contributed by atoms with Crippen LogP contribution >= 0.6 is 12.6 Å². The largest absolute Gasteiger partial charge is 0.481 e. The van der Waals surface area contributed by atoms with Gasteiger partial charge in [0.2, 0.25) is 0 Å². The molecule has 0 aliphatic heterocycles. The van der Waals surface area contributed by atoms with Crippen LogP contribution in [0.25, 0.3) is 0 Å². The highest BCUT2D eigenvalue weighted by Gasteiger charge is 2.32. The van der Waals surface area contributed by atoms with Crippen molar-refractivity contribution in [2.45, 2.75) is 11.2 Å². The molecule has 0 fully saturated rings. The van der Waals surface area contributed by atoms with E-state index in [1.807, 2.05) is 0 Å². The maximum absolute atomic E-state index is 10.9. The van der Waals surface area contributed by atoms with E-state index >= 15 is 0 Å². The fraction of sp³-hybridized carbons (Fsp3) is 0.200. The van der Waals surface area contributed by atoms with Gasteiger partial charge < -0.3 is 10.2 Å². The number of hydrogen-bond acceptors (Lipinski definition) is 3. The SMILES string of the molecule is O=C(O)C(S)C(C(=O)O)c1ccccc1. The van der Waals surface area contributed by atoms with E-state index in [1.165, 1.54) is 0 Å². The topological polar surface area (TPSA) is 74.6 Å². The van der Waals surface area contributed by atoms with Gasteiger partial charge in [0, 0.05) is 0 Å². The van der Waals surface area contributed by atoms with Crippen LogP contribution in [0.3, 0.4) is 0 Å². The third-order valence-corrected chi connectivity index (χ3v) is 2.51. The maximum Gasteiger partial charge on any atom is 0.317 e. The van der Waals surface area contributed by atoms with Crippen LogP contribution < -0.4 is 0 Å². The van der Waals surface area contributed by atoms with E-state index in [0.29, 0.717) is 5.56 Å². The van der Waals surface area contributed by atoms with Crippen LogP contribution in [0.2, 0.25) is 0 Å². The van der Waals surface area contributed by atoms with Gasteiger partial charge in [-0.3, -0.25) is 9.59 Å². The van der Waals surface area contributed by atoms with E-state index in [0.717, 1.165) is 0 Å². The molecule has 2 atom stereocenters. The summed E-state index contributed by atoms with van der Waals surface area (Å²) in [7, 11) is 0. The highest BCUT2D eigenvalue weighted by molar-refractivity contribution is 7.81. The Balaban J connectivity index is 3.04. The average Bonchev–Trinajstić information content (AvgIpc) is 2.18. The van der Waals surface area contributed by atoms with Crippen LogP contribution in [0.5, 0.6) is 0 Å². The molecule has 1 rings (SSSR count). The third kappa shape index (κ3) is 2.73. The number of aliphatic carboxylic acids is 2. The summed E-state index contributed by atoms with van der Waals surface area (Å²) in [6.45, 7) is 0. The lowest BCUT2D eigenvalue weighted by Crippen LogP contribution is -2.28. The zero-order chi connectivity index (χ0) is 11.4. The Morgan fingerprint density at radius 3 is 2.00 bits per heavy atom. The van der Waals surface area contributed by atoms with Crippen molar-refractivity contribution in [2.75, 3.05) is 0 Å². The van der Waals surface area contributed by atoms with Gasteiger partial charge in [0.15, 0.2) is 0 Å². The Morgan fingerprint density at radius 2 is 1.60 bits per heavy atom. The lowest BCUT2D eigenvalue weighted by molar-refractivity contribution is -0.144. The second-order valence-electron chi connectivity index (χ2n) is 3.01. The fourth-order valence-corrected chi connectivity index (χ4v) is 1.56. The molecule has 0 amide bonds. The second kappa shape index (κ2) is 4.84. The van der Waals surface area contributed by atoms with Gasteiger partial charge in [0.05, 0.1) is 0 Å². The summed E-state index contributed by atoms with van der Waals surface area (Å²) < 4.78 is 0. The van der Waals surface area contributed by atoms with Crippen molar-refractivity contribution in [3.05, 3.63) is 35.9 Å². The molecule has 0 aromatic heterocycles. The molecule has 0 saturated carbocycles. The van der Waals surface area contributed by atoms with Crippen molar-refractivity contribution < 1.29 is 19.8 Å². The number of rotatable bonds is 4. The maximum atomic E-state index is 10.9. The quantitative estimate of drug-likeness (QED) is 0.675. The Labute approximate surface area is 92.0 Å². The molecule has 0 radical (unpaired) electrons. The molecular weight excluding hydrogens is 216 g/mol. The predicted octanol–water partition coefficient (Wildman–Crippen LogP) is 1.24. The Bertz CT molecular complexity index is 363. The lowest BCUT2D eigenvalue weighted by atomic mass is 9.95. The van der Waals surface area contributed by atoms with Crippen LogP contribution in [0.1, 0.15) is 11.5 Å². The Morgan fingerprint density at radius 1 is 1.07 bits per heavy atom.